The summed E-state index contributed by atoms with van der Waals surface area (Å²) in [6, 6.07) is 19.2. The van der Waals surface area contributed by atoms with E-state index in [-0.39, 0.29) is 36.1 Å². The maximum Gasteiger partial charge on any atom is 0.306 e. The molecule has 1 atom stereocenters. The number of anilines is 2. The van der Waals surface area contributed by atoms with Crippen molar-refractivity contribution in [3.05, 3.63) is 94.1 Å². The second kappa shape index (κ2) is 16.3. The van der Waals surface area contributed by atoms with Crippen molar-refractivity contribution in [1.29, 1.82) is 0 Å². The first kappa shape index (κ1) is 35.3. The van der Waals surface area contributed by atoms with Gasteiger partial charge in [0.05, 0.1) is 18.7 Å². The number of carbonyl (C=O) groups excluding carboxylic acids is 3. The molecule has 2 amide bonds. The molecule has 0 saturated heterocycles. The van der Waals surface area contributed by atoms with Crippen LogP contribution in [0.1, 0.15) is 67.4 Å². The molecule has 0 bridgehead atoms. The molecule has 2 aromatic carbocycles. The van der Waals surface area contributed by atoms with E-state index < -0.39 is 23.7 Å². The van der Waals surface area contributed by atoms with Gasteiger partial charge in [0.2, 0.25) is 11.0 Å². The first-order valence-corrected chi connectivity index (χ1v) is 16.2. The van der Waals surface area contributed by atoms with E-state index >= 15 is 0 Å². The largest absolute Gasteiger partial charge is 0.460 e. The van der Waals surface area contributed by atoms with Gasteiger partial charge in [-0.25, -0.2) is 0 Å². The van der Waals surface area contributed by atoms with Crippen molar-refractivity contribution in [2.45, 2.75) is 76.9 Å². The number of rotatable bonds is 15. The number of aryl methyl sites for hydroxylation is 3. The van der Waals surface area contributed by atoms with E-state index in [9.17, 15) is 24.6 Å². The Bertz CT molecular complexity index is 1640. The van der Waals surface area contributed by atoms with Crippen LogP contribution in [0, 0.1) is 0 Å². The summed E-state index contributed by atoms with van der Waals surface area (Å²) in [6.07, 6.45) is 3.95. The van der Waals surface area contributed by atoms with Crippen molar-refractivity contribution >= 4 is 40.1 Å². The molecule has 4 rings (SSSR count). The number of aromatic nitrogens is 4. The Morgan fingerprint density at radius 2 is 1.57 bits per heavy atom. The van der Waals surface area contributed by atoms with Gasteiger partial charge in [0, 0.05) is 12.8 Å². The topological polar surface area (TPSA) is 177 Å². The first-order valence-electron chi connectivity index (χ1n) is 15.4. The predicted octanol–water partition coefficient (Wildman–Crippen LogP) is 4.17. The SMILES string of the molecule is CC(C)(C)OC(=O)CCc1cccc(CC(=O)Nc2nnc(CCCCc3ccc(NC(=O)C(O)(CO)c4ccccc4)nn3)s2)c1. The monoisotopic (exact) mass is 660 g/mol. The van der Waals surface area contributed by atoms with Crippen LogP contribution in [0.5, 0.6) is 0 Å². The highest BCUT2D eigenvalue weighted by atomic mass is 32.1. The molecule has 0 saturated carbocycles. The van der Waals surface area contributed by atoms with Crippen LogP contribution in [-0.4, -0.2) is 60.6 Å². The van der Waals surface area contributed by atoms with Crippen LogP contribution in [-0.2, 0) is 50.4 Å². The lowest BCUT2D eigenvalue weighted by Gasteiger charge is -2.24. The number of esters is 1. The predicted molar refractivity (Wildman–Crippen MR) is 178 cm³/mol. The summed E-state index contributed by atoms with van der Waals surface area (Å²) in [7, 11) is 0. The second-order valence-corrected chi connectivity index (χ2v) is 13.1. The standard InChI is InChI=1S/C34H40N6O6S/c1-33(2,3)46-30(43)19-16-23-10-9-11-24(20-23)21-28(42)36-32-40-39-29(47-32)15-8-7-14-26-17-18-27(38-37-26)35-31(44)34(45,22-41)25-12-5-4-6-13-25/h4-6,9-13,17-18,20,41,45H,7-8,14-16,19,21-22H2,1-3H3,(H,35,38,44)(H,36,40,42). The molecule has 248 valence electrons. The van der Waals surface area contributed by atoms with Gasteiger partial charge in [-0.15, -0.1) is 15.3 Å². The average Bonchev–Trinajstić information content (AvgIpc) is 3.49. The molecule has 2 aromatic heterocycles. The van der Waals surface area contributed by atoms with Gasteiger partial charge < -0.3 is 25.6 Å². The molecule has 0 aliphatic heterocycles. The molecule has 1 unspecified atom stereocenters. The number of unbranched alkanes of at least 4 members (excludes halogenated alkanes) is 1. The molecule has 4 aromatic rings. The number of carbonyl (C=O) groups is 3. The van der Waals surface area contributed by atoms with Crippen LogP contribution < -0.4 is 10.6 Å². The normalized spacial score (nSPS) is 12.6. The Kier molecular flexibility index (Phi) is 12.2. The lowest BCUT2D eigenvalue weighted by atomic mass is 9.94. The minimum Gasteiger partial charge on any atom is -0.460 e. The number of benzene rings is 2. The van der Waals surface area contributed by atoms with E-state index in [0.717, 1.165) is 34.7 Å². The highest BCUT2D eigenvalue weighted by Gasteiger charge is 2.37. The zero-order chi connectivity index (χ0) is 33.9. The van der Waals surface area contributed by atoms with Crippen LogP contribution in [0.2, 0.25) is 0 Å². The van der Waals surface area contributed by atoms with Gasteiger partial charge in [-0.2, -0.15) is 5.10 Å². The molecule has 0 spiro atoms. The highest BCUT2D eigenvalue weighted by molar-refractivity contribution is 7.15. The van der Waals surface area contributed by atoms with Gasteiger partial charge in [0.25, 0.3) is 5.91 Å². The number of aliphatic hydroxyl groups excluding tert-OH is 1. The number of amides is 2. The zero-order valence-electron chi connectivity index (χ0n) is 26.7. The number of hydrogen-bond acceptors (Lipinski definition) is 11. The van der Waals surface area contributed by atoms with Gasteiger partial charge in [-0.3, -0.25) is 14.4 Å². The van der Waals surface area contributed by atoms with Gasteiger partial charge in [-0.05, 0) is 75.3 Å². The van der Waals surface area contributed by atoms with Gasteiger partial charge in [0.15, 0.2) is 11.4 Å². The molecule has 12 nitrogen and oxygen atoms in total. The lowest BCUT2D eigenvalue weighted by molar-refractivity contribution is -0.154. The fraction of sp³-hybridized carbons (Fsp3) is 0.382. The summed E-state index contributed by atoms with van der Waals surface area (Å²) < 4.78 is 5.37. The first-order chi connectivity index (χ1) is 22.4. The quantitative estimate of drug-likeness (QED) is 0.107. The fourth-order valence-electron chi connectivity index (χ4n) is 4.66. The van der Waals surface area contributed by atoms with Gasteiger partial charge >= 0.3 is 5.97 Å². The number of aliphatic hydroxyl groups is 2. The van der Waals surface area contributed by atoms with E-state index in [2.05, 4.69) is 31.0 Å². The van der Waals surface area contributed by atoms with Crippen LogP contribution in [0.4, 0.5) is 10.9 Å². The Morgan fingerprint density at radius 1 is 0.830 bits per heavy atom. The second-order valence-electron chi connectivity index (χ2n) is 12.1. The van der Waals surface area contributed by atoms with Crippen LogP contribution >= 0.6 is 11.3 Å². The van der Waals surface area contributed by atoms with Crippen molar-refractivity contribution in [3.8, 4) is 0 Å². The van der Waals surface area contributed by atoms with Crippen molar-refractivity contribution in [3.63, 3.8) is 0 Å². The molecule has 13 heteroatoms. The summed E-state index contributed by atoms with van der Waals surface area (Å²) in [5.41, 5.74) is 0.184. The third-order valence-corrected chi connectivity index (χ3v) is 7.90. The zero-order valence-corrected chi connectivity index (χ0v) is 27.5. The Hall–Kier alpha value is -4.59. The summed E-state index contributed by atoms with van der Waals surface area (Å²) in [6.45, 7) is 4.73. The molecular formula is C34H40N6O6S. The number of ether oxygens (including phenoxy) is 1. The molecule has 0 radical (unpaired) electrons. The Balaban J connectivity index is 1.17. The van der Waals surface area contributed by atoms with Crippen LogP contribution in [0.3, 0.4) is 0 Å². The third-order valence-electron chi connectivity index (χ3n) is 7.00. The molecule has 2 heterocycles. The lowest BCUT2D eigenvalue weighted by Crippen LogP contribution is -2.43. The van der Waals surface area contributed by atoms with Crippen molar-refractivity contribution in [2.75, 3.05) is 17.2 Å². The highest BCUT2D eigenvalue weighted by Crippen LogP contribution is 2.23. The maximum atomic E-state index is 12.7. The van der Waals surface area contributed by atoms with E-state index in [1.807, 2.05) is 45.0 Å². The molecule has 0 fully saturated rings. The molecule has 4 N–H and O–H groups in total. The number of hydrogen-bond donors (Lipinski definition) is 4. The van der Waals surface area contributed by atoms with Crippen LogP contribution in [0.15, 0.2) is 66.7 Å². The minimum absolute atomic E-state index is 0.163. The Morgan fingerprint density at radius 3 is 2.28 bits per heavy atom. The number of nitrogens with zero attached hydrogens (tertiary/aromatic N) is 4. The van der Waals surface area contributed by atoms with E-state index in [0.29, 0.717) is 24.4 Å². The summed E-state index contributed by atoms with van der Waals surface area (Å²) in [5, 5.41) is 43.5. The van der Waals surface area contributed by atoms with Gasteiger partial charge in [-0.1, -0.05) is 65.9 Å². The minimum atomic E-state index is -2.10. The molecular weight excluding hydrogens is 620 g/mol. The van der Waals surface area contributed by atoms with Gasteiger partial charge in [0.1, 0.15) is 10.6 Å². The summed E-state index contributed by atoms with van der Waals surface area (Å²) in [4.78, 5) is 37.4. The van der Waals surface area contributed by atoms with Crippen molar-refractivity contribution < 1.29 is 29.3 Å². The van der Waals surface area contributed by atoms with Crippen LogP contribution in [0.25, 0.3) is 0 Å². The summed E-state index contributed by atoms with van der Waals surface area (Å²) >= 11 is 1.33. The average molecular weight is 661 g/mol. The third kappa shape index (κ3) is 11.0. The molecule has 0 aliphatic rings. The van der Waals surface area contributed by atoms with E-state index in [4.69, 9.17) is 4.74 Å². The molecule has 47 heavy (non-hydrogen) atoms. The Labute approximate surface area is 277 Å². The van der Waals surface area contributed by atoms with E-state index in [1.165, 1.54) is 11.3 Å². The van der Waals surface area contributed by atoms with Crippen molar-refractivity contribution in [1.82, 2.24) is 20.4 Å². The fourth-order valence-corrected chi connectivity index (χ4v) is 5.46. The number of nitrogens with one attached hydrogen (secondary N) is 2. The molecule has 0 aliphatic carbocycles. The smallest absolute Gasteiger partial charge is 0.306 e. The maximum absolute atomic E-state index is 12.7. The summed E-state index contributed by atoms with van der Waals surface area (Å²) in [5.74, 6) is -1.09. The van der Waals surface area contributed by atoms with Crippen molar-refractivity contribution in [2.24, 2.45) is 0 Å². The van der Waals surface area contributed by atoms with E-state index in [1.54, 1.807) is 42.5 Å².